The first-order valence-corrected chi connectivity index (χ1v) is 6.09. The summed E-state index contributed by atoms with van der Waals surface area (Å²) < 4.78 is 0. The Kier molecular flexibility index (Phi) is 3.52. The highest BCUT2D eigenvalue weighted by molar-refractivity contribution is 7.27. The van der Waals surface area contributed by atoms with Crippen LogP contribution in [0.1, 0.15) is 11.1 Å². The lowest BCUT2D eigenvalue weighted by atomic mass is 10.1. The van der Waals surface area contributed by atoms with Gasteiger partial charge in [0.05, 0.1) is 0 Å². The maximum atomic E-state index is 2.79. The van der Waals surface area contributed by atoms with Crippen molar-refractivity contribution in [3.8, 4) is 0 Å². The molecule has 2 heteroatoms. The van der Waals surface area contributed by atoms with Crippen LogP contribution in [0.2, 0.25) is 0 Å². The van der Waals surface area contributed by atoms with Gasteiger partial charge < -0.3 is 0 Å². The third kappa shape index (κ3) is 2.65. The van der Waals surface area contributed by atoms with Crippen LogP contribution < -0.4 is 10.6 Å². The summed E-state index contributed by atoms with van der Waals surface area (Å²) in [4.78, 5) is 0. The van der Waals surface area contributed by atoms with Gasteiger partial charge in [0.15, 0.2) is 0 Å². The Labute approximate surface area is 95.5 Å². The molecule has 2 aromatic carbocycles. The van der Waals surface area contributed by atoms with Crippen LogP contribution in [-0.4, -0.2) is 0 Å². The molecule has 0 amide bonds. The molecule has 76 valence electrons. The van der Waals surface area contributed by atoms with Crippen LogP contribution in [0.3, 0.4) is 0 Å². The van der Waals surface area contributed by atoms with E-state index in [1.807, 2.05) is 0 Å². The lowest BCUT2D eigenvalue weighted by Crippen LogP contribution is -2.07. The molecule has 0 aromatic heterocycles. The first-order valence-electron chi connectivity index (χ1n) is 4.94. The molecular formula is C13H14P2. The molecule has 0 spiro atoms. The summed E-state index contributed by atoms with van der Waals surface area (Å²) in [5, 5.41) is 2.57. The van der Waals surface area contributed by atoms with Gasteiger partial charge >= 0.3 is 0 Å². The van der Waals surface area contributed by atoms with E-state index in [-0.39, 0.29) is 0 Å². The lowest BCUT2D eigenvalue weighted by Gasteiger charge is -2.07. The molecule has 0 fully saturated rings. The molecule has 2 rings (SSSR count). The number of rotatable bonds is 2. The first kappa shape index (κ1) is 10.8. The summed E-state index contributed by atoms with van der Waals surface area (Å²) in [6.45, 7) is 0. The Bertz CT molecular complexity index is 420. The molecule has 0 aliphatic heterocycles. The van der Waals surface area contributed by atoms with Gasteiger partial charge in [0.1, 0.15) is 0 Å². The minimum absolute atomic E-state index is 0.999. The van der Waals surface area contributed by atoms with Crippen molar-refractivity contribution in [2.45, 2.75) is 6.42 Å². The highest BCUT2D eigenvalue weighted by Gasteiger charge is 2.01. The number of benzene rings is 2. The Morgan fingerprint density at radius 1 is 0.667 bits per heavy atom. The maximum absolute atomic E-state index is 2.79. The van der Waals surface area contributed by atoms with Gasteiger partial charge in [-0.25, -0.2) is 0 Å². The van der Waals surface area contributed by atoms with Crippen LogP contribution in [0.4, 0.5) is 0 Å². The third-order valence-electron chi connectivity index (χ3n) is 2.49. The summed E-state index contributed by atoms with van der Waals surface area (Å²) in [6.07, 6.45) is 0.999. The van der Waals surface area contributed by atoms with Crippen LogP contribution in [0.25, 0.3) is 0 Å². The molecule has 15 heavy (non-hydrogen) atoms. The highest BCUT2D eigenvalue weighted by Crippen LogP contribution is 2.09. The quantitative estimate of drug-likeness (QED) is 0.697. The Morgan fingerprint density at radius 3 is 1.47 bits per heavy atom. The van der Waals surface area contributed by atoms with Crippen molar-refractivity contribution in [1.82, 2.24) is 0 Å². The maximum Gasteiger partial charge on any atom is -0.00135 e. The van der Waals surface area contributed by atoms with Gasteiger partial charge in [0.25, 0.3) is 0 Å². The van der Waals surface area contributed by atoms with Gasteiger partial charge in [0, 0.05) is 0 Å². The molecule has 0 aliphatic carbocycles. The molecule has 2 aromatic rings. The molecule has 0 saturated carbocycles. The molecule has 0 heterocycles. The van der Waals surface area contributed by atoms with Crippen LogP contribution in [0.5, 0.6) is 0 Å². The molecule has 2 unspecified atom stereocenters. The number of hydrogen-bond acceptors (Lipinski definition) is 0. The largest absolute Gasteiger partial charge is 0.105 e. The topological polar surface area (TPSA) is 0 Å². The van der Waals surface area contributed by atoms with Crippen molar-refractivity contribution in [3.63, 3.8) is 0 Å². The summed E-state index contributed by atoms with van der Waals surface area (Å²) in [5.74, 6) is 0. The SMILES string of the molecule is Pc1ccccc1Cc1ccccc1P. The van der Waals surface area contributed by atoms with Crippen molar-refractivity contribution in [2.75, 3.05) is 0 Å². The Hall–Kier alpha value is -0.700. The molecule has 0 aliphatic rings. The molecular weight excluding hydrogens is 218 g/mol. The smallest absolute Gasteiger partial charge is 0.00135 e. The van der Waals surface area contributed by atoms with E-state index in [0.717, 1.165) is 6.42 Å². The van der Waals surface area contributed by atoms with Crippen molar-refractivity contribution >= 4 is 29.1 Å². The van der Waals surface area contributed by atoms with E-state index in [9.17, 15) is 0 Å². The van der Waals surface area contributed by atoms with Gasteiger partial charge in [-0.3, -0.25) is 0 Å². The summed E-state index contributed by atoms with van der Waals surface area (Å²) in [7, 11) is 5.58. The van der Waals surface area contributed by atoms with E-state index < -0.39 is 0 Å². The van der Waals surface area contributed by atoms with Crippen LogP contribution in [0.15, 0.2) is 48.5 Å². The first-order chi connectivity index (χ1) is 7.27. The molecule has 0 bridgehead atoms. The van der Waals surface area contributed by atoms with Gasteiger partial charge in [-0.15, -0.1) is 18.5 Å². The van der Waals surface area contributed by atoms with Crippen molar-refractivity contribution in [1.29, 1.82) is 0 Å². The predicted octanol–water partition coefficient (Wildman–Crippen LogP) is 2.28. The van der Waals surface area contributed by atoms with Crippen molar-refractivity contribution in [2.24, 2.45) is 0 Å². The van der Waals surface area contributed by atoms with Crippen molar-refractivity contribution in [3.05, 3.63) is 59.7 Å². The normalized spacial score (nSPS) is 10.3. The summed E-state index contributed by atoms with van der Waals surface area (Å²) in [5.41, 5.74) is 2.75. The molecule has 0 N–H and O–H groups in total. The van der Waals surface area contributed by atoms with Crippen LogP contribution >= 0.6 is 18.5 Å². The zero-order valence-electron chi connectivity index (χ0n) is 8.48. The fraction of sp³-hybridized carbons (Fsp3) is 0.0769. The van der Waals surface area contributed by atoms with E-state index in [1.165, 1.54) is 21.7 Å². The van der Waals surface area contributed by atoms with E-state index in [1.54, 1.807) is 0 Å². The second-order valence-corrected chi connectivity index (χ2v) is 4.82. The zero-order chi connectivity index (χ0) is 10.7. The van der Waals surface area contributed by atoms with Gasteiger partial charge in [-0.2, -0.15) is 0 Å². The minimum Gasteiger partial charge on any atom is -0.105 e. The van der Waals surface area contributed by atoms with Gasteiger partial charge in [-0.05, 0) is 28.2 Å². The van der Waals surface area contributed by atoms with Crippen molar-refractivity contribution < 1.29 is 0 Å². The molecule has 2 atom stereocenters. The Balaban J connectivity index is 2.30. The van der Waals surface area contributed by atoms with E-state index in [0.29, 0.717) is 0 Å². The molecule has 0 saturated heterocycles. The predicted molar refractivity (Wildman–Crippen MR) is 74.4 cm³/mol. The molecule has 0 radical (unpaired) electrons. The van der Waals surface area contributed by atoms with Gasteiger partial charge in [0.2, 0.25) is 0 Å². The average molecular weight is 232 g/mol. The van der Waals surface area contributed by atoms with E-state index >= 15 is 0 Å². The second-order valence-electron chi connectivity index (χ2n) is 3.57. The molecule has 0 nitrogen and oxygen atoms in total. The monoisotopic (exact) mass is 232 g/mol. The third-order valence-corrected chi connectivity index (χ3v) is 3.62. The van der Waals surface area contributed by atoms with Gasteiger partial charge in [-0.1, -0.05) is 48.5 Å². The van der Waals surface area contributed by atoms with Crippen LogP contribution in [0, 0.1) is 0 Å². The van der Waals surface area contributed by atoms with E-state index in [4.69, 9.17) is 0 Å². The lowest BCUT2D eigenvalue weighted by molar-refractivity contribution is 1.23. The van der Waals surface area contributed by atoms with Crippen LogP contribution in [-0.2, 0) is 6.42 Å². The van der Waals surface area contributed by atoms with E-state index in [2.05, 4.69) is 67.0 Å². The fourth-order valence-corrected chi connectivity index (χ4v) is 2.21. The highest BCUT2D eigenvalue weighted by atomic mass is 31.0. The standard InChI is InChI=1S/C13H14P2/c14-12-7-3-1-5-10(12)9-11-6-2-4-8-13(11)15/h1-8H,9,14-15H2. The second kappa shape index (κ2) is 4.88. The summed E-state index contributed by atoms with van der Waals surface area (Å²) >= 11 is 0. The zero-order valence-corrected chi connectivity index (χ0v) is 10.8. The fourth-order valence-electron chi connectivity index (χ4n) is 1.60. The number of hydrogen-bond donors (Lipinski definition) is 0. The summed E-state index contributed by atoms with van der Waals surface area (Å²) in [6, 6.07) is 16.9. The minimum atomic E-state index is 0.999. The Morgan fingerprint density at radius 2 is 1.07 bits per heavy atom. The average Bonchev–Trinajstić information content (AvgIpc) is 2.24.